The van der Waals surface area contributed by atoms with Gasteiger partial charge in [-0.2, -0.15) is 0 Å². The number of hydrogen-bond acceptors (Lipinski definition) is 7. The Hall–Kier alpha value is -2.44. The highest BCUT2D eigenvalue weighted by Gasteiger charge is 2.76. The standard InChI is InChI=1S/C31H27Br2Cl2N3O6/c32-15-37-28(42)30(34)14-22-19(25(31(30,35)29(37)43)21-13-16(33)1-8-23(21)39)6-7-20-24(22)27(41)38(26(20)40)18-4-2-17(3-5-18)36-9-11-44-12-10-36/h1-6,8,13,20,22,24-25,39H,7,9-12,14-15H2/t20-,22+,24-,25+,30+,31-/m0/s1. The second-order valence-corrected chi connectivity index (χ2v) is 14.5. The van der Waals surface area contributed by atoms with Crippen molar-refractivity contribution in [3.63, 3.8) is 0 Å². The van der Waals surface area contributed by atoms with Crippen LogP contribution in [0.3, 0.4) is 0 Å². The van der Waals surface area contributed by atoms with Gasteiger partial charge in [0.05, 0.1) is 36.2 Å². The van der Waals surface area contributed by atoms with E-state index in [-0.39, 0.29) is 35.9 Å². The predicted octanol–water partition coefficient (Wildman–Crippen LogP) is 4.91. The highest BCUT2D eigenvalue weighted by molar-refractivity contribution is 9.10. The second kappa shape index (κ2) is 10.8. The third-order valence-corrected chi connectivity index (χ3v) is 12.2. The summed E-state index contributed by atoms with van der Waals surface area (Å²) >= 11 is 21.2. The van der Waals surface area contributed by atoms with E-state index in [0.29, 0.717) is 34.5 Å². The van der Waals surface area contributed by atoms with Gasteiger partial charge in [0.1, 0.15) is 5.75 Å². The number of alkyl halides is 3. The van der Waals surface area contributed by atoms with Gasteiger partial charge in [0.25, 0.3) is 11.8 Å². The van der Waals surface area contributed by atoms with Gasteiger partial charge in [0.15, 0.2) is 9.75 Å². The lowest BCUT2D eigenvalue weighted by Gasteiger charge is -2.50. The highest BCUT2D eigenvalue weighted by Crippen LogP contribution is 2.66. The van der Waals surface area contributed by atoms with Crippen LogP contribution in [-0.2, 0) is 23.9 Å². The molecule has 0 radical (unpaired) electrons. The number of likely N-dealkylation sites (tertiary alicyclic amines) is 1. The molecule has 4 amide bonds. The minimum Gasteiger partial charge on any atom is -0.508 e. The minimum atomic E-state index is -1.98. The molecular formula is C31H27Br2Cl2N3O6. The van der Waals surface area contributed by atoms with Crippen LogP contribution >= 0.6 is 55.1 Å². The average molecular weight is 768 g/mol. The number of aromatic hydroxyl groups is 1. The molecule has 3 heterocycles. The molecular weight excluding hydrogens is 741 g/mol. The number of carbonyl (C=O) groups excluding carboxylic acids is 4. The largest absolute Gasteiger partial charge is 0.508 e. The number of rotatable bonds is 4. The molecule has 1 saturated carbocycles. The number of fused-ring (bicyclic) bond motifs is 4. The van der Waals surface area contributed by atoms with Crippen molar-refractivity contribution >= 4 is 90.1 Å². The number of amides is 4. The summed E-state index contributed by atoms with van der Waals surface area (Å²) in [6, 6.07) is 12.1. The molecule has 3 saturated heterocycles. The fraction of sp³-hybridized carbons (Fsp3) is 0.419. The maximum Gasteiger partial charge on any atom is 0.254 e. The van der Waals surface area contributed by atoms with Crippen molar-refractivity contribution in [2.24, 2.45) is 17.8 Å². The van der Waals surface area contributed by atoms with Gasteiger partial charge >= 0.3 is 0 Å². The van der Waals surface area contributed by atoms with Crippen molar-refractivity contribution in [2.75, 3.05) is 41.6 Å². The van der Waals surface area contributed by atoms with Gasteiger partial charge < -0.3 is 14.7 Å². The summed E-state index contributed by atoms with van der Waals surface area (Å²) in [5, 5.41) is 11.1. The SMILES string of the molecule is O=C1[C@H]2[C@H](CC=C3[C@H]2C[C@@]2(Cl)C(=O)N(CBr)C(=O)[C@@]2(Cl)[C@H]3c2cc(Br)ccc2O)C(=O)N1c1ccc(N2CCOCC2)cc1. The number of phenols is 1. The summed E-state index contributed by atoms with van der Waals surface area (Å²) in [4.78, 5) is 56.3. The monoisotopic (exact) mass is 765 g/mol. The van der Waals surface area contributed by atoms with Crippen LogP contribution in [0.1, 0.15) is 24.3 Å². The summed E-state index contributed by atoms with van der Waals surface area (Å²) in [5.74, 6) is -5.41. The number of nitrogens with zero attached hydrogens (tertiary/aromatic N) is 3. The van der Waals surface area contributed by atoms with Gasteiger partial charge in [-0.05, 0) is 61.2 Å². The number of anilines is 2. The molecule has 2 aromatic carbocycles. The van der Waals surface area contributed by atoms with E-state index in [1.807, 2.05) is 18.2 Å². The minimum absolute atomic E-state index is 0.118. The van der Waals surface area contributed by atoms with E-state index in [4.69, 9.17) is 27.9 Å². The summed E-state index contributed by atoms with van der Waals surface area (Å²) in [6.45, 7) is 2.78. The quantitative estimate of drug-likeness (QED) is 0.204. The molecule has 3 aliphatic heterocycles. The van der Waals surface area contributed by atoms with E-state index in [0.717, 1.165) is 23.7 Å². The smallest absolute Gasteiger partial charge is 0.254 e. The number of halogens is 4. The van der Waals surface area contributed by atoms with Crippen LogP contribution in [-0.4, -0.2) is 75.1 Å². The first kappa shape index (κ1) is 30.2. The summed E-state index contributed by atoms with van der Waals surface area (Å²) in [7, 11) is 0. The Bertz CT molecular complexity index is 1630. The third kappa shape index (κ3) is 4.11. The van der Waals surface area contributed by atoms with Crippen LogP contribution in [0.15, 0.2) is 58.6 Å². The molecule has 0 bridgehead atoms. The fourth-order valence-corrected chi connectivity index (χ4v) is 9.54. The molecule has 13 heteroatoms. The van der Waals surface area contributed by atoms with Gasteiger partial charge in [0, 0.05) is 34.7 Å². The molecule has 0 unspecified atom stereocenters. The van der Waals surface area contributed by atoms with Crippen LogP contribution in [0, 0.1) is 17.8 Å². The molecule has 6 atom stereocenters. The Morgan fingerprint density at radius 1 is 0.932 bits per heavy atom. The molecule has 1 N–H and O–H groups in total. The zero-order valence-corrected chi connectivity index (χ0v) is 27.9. The summed E-state index contributed by atoms with van der Waals surface area (Å²) in [6.07, 6.45) is 1.97. The van der Waals surface area contributed by atoms with Gasteiger partial charge in [-0.3, -0.25) is 29.0 Å². The Morgan fingerprint density at radius 2 is 1.61 bits per heavy atom. The van der Waals surface area contributed by atoms with Gasteiger partial charge in [-0.1, -0.05) is 43.5 Å². The van der Waals surface area contributed by atoms with Crippen LogP contribution in [0.4, 0.5) is 11.4 Å². The van der Waals surface area contributed by atoms with Gasteiger partial charge in [-0.15, -0.1) is 23.2 Å². The Kier molecular flexibility index (Phi) is 7.44. The number of imide groups is 2. The second-order valence-electron chi connectivity index (χ2n) is 11.8. The number of carbonyl (C=O) groups is 4. The van der Waals surface area contributed by atoms with Crippen molar-refractivity contribution in [1.82, 2.24) is 4.90 Å². The number of morpholine rings is 1. The highest BCUT2D eigenvalue weighted by atomic mass is 79.9. The molecule has 2 aliphatic carbocycles. The normalized spacial score (nSPS) is 33.4. The summed E-state index contributed by atoms with van der Waals surface area (Å²) in [5.41, 5.74) is 2.25. The van der Waals surface area contributed by atoms with Crippen molar-refractivity contribution in [2.45, 2.75) is 28.5 Å². The molecule has 0 aromatic heterocycles. The maximum absolute atomic E-state index is 14.2. The van der Waals surface area contributed by atoms with Crippen LogP contribution in [0.25, 0.3) is 0 Å². The molecule has 44 heavy (non-hydrogen) atoms. The maximum atomic E-state index is 14.2. The van der Waals surface area contributed by atoms with Crippen molar-refractivity contribution < 1.29 is 29.0 Å². The Labute approximate surface area is 280 Å². The third-order valence-electron chi connectivity index (χ3n) is 9.80. The van der Waals surface area contributed by atoms with Crippen LogP contribution in [0.5, 0.6) is 5.75 Å². The topological polar surface area (TPSA) is 107 Å². The number of ether oxygens (including phenoxy) is 1. The summed E-state index contributed by atoms with van der Waals surface area (Å²) < 4.78 is 6.06. The lowest BCUT2D eigenvalue weighted by atomic mass is 9.56. The van der Waals surface area contributed by atoms with Crippen LogP contribution < -0.4 is 9.80 Å². The van der Waals surface area contributed by atoms with E-state index in [1.54, 1.807) is 24.3 Å². The molecule has 0 spiro atoms. The lowest BCUT2D eigenvalue weighted by Crippen LogP contribution is -2.60. The molecule has 2 aromatic rings. The zero-order chi connectivity index (χ0) is 31.1. The lowest BCUT2D eigenvalue weighted by molar-refractivity contribution is -0.138. The molecule has 9 nitrogen and oxygen atoms in total. The van der Waals surface area contributed by atoms with E-state index in [1.165, 1.54) is 11.0 Å². The van der Waals surface area contributed by atoms with E-state index >= 15 is 0 Å². The number of phenolic OH excluding ortho intramolecular Hbond substituents is 1. The molecule has 4 fully saturated rings. The first-order valence-electron chi connectivity index (χ1n) is 14.3. The molecule has 230 valence electrons. The average Bonchev–Trinajstić information content (AvgIpc) is 3.36. The van der Waals surface area contributed by atoms with E-state index in [9.17, 15) is 24.3 Å². The predicted molar refractivity (Wildman–Crippen MR) is 171 cm³/mol. The van der Waals surface area contributed by atoms with E-state index < -0.39 is 45.2 Å². The first-order chi connectivity index (χ1) is 21.0. The van der Waals surface area contributed by atoms with Crippen LogP contribution in [0.2, 0.25) is 0 Å². The van der Waals surface area contributed by atoms with Gasteiger partial charge in [-0.25, -0.2) is 0 Å². The number of hydrogen-bond donors (Lipinski definition) is 1. The zero-order valence-electron chi connectivity index (χ0n) is 23.2. The van der Waals surface area contributed by atoms with Gasteiger partial charge in [0.2, 0.25) is 11.8 Å². The Morgan fingerprint density at radius 3 is 2.30 bits per heavy atom. The number of benzene rings is 2. The first-order valence-corrected chi connectivity index (χ1v) is 17.0. The number of allylic oxidation sites excluding steroid dienone is 2. The van der Waals surface area contributed by atoms with Crippen molar-refractivity contribution in [3.05, 3.63) is 64.1 Å². The fourth-order valence-electron chi connectivity index (χ4n) is 7.74. The van der Waals surface area contributed by atoms with E-state index in [2.05, 4.69) is 36.8 Å². The van der Waals surface area contributed by atoms with Crippen molar-refractivity contribution in [1.29, 1.82) is 0 Å². The Balaban J connectivity index is 1.30. The molecule has 5 aliphatic rings. The van der Waals surface area contributed by atoms with Crippen molar-refractivity contribution in [3.8, 4) is 5.75 Å². The molecule has 7 rings (SSSR count).